The number of ether oxygens (including phenoxy) is 4. The van der Waals surface area contributed by atoms with Crippen molar-refractivity contribution in [2.75, 3.05) is 53.7 Å². The average Bonchev–Trinajstić information content (AvgIpc) is 2.70. The maximum atomic E-state index is 12.3. The van der Waals surface area contributed by atoms with E-state index in [1.807, 2.05) is 18.2 Å². The van der Waals surface area contributed by atoms with Crippen molar-refractivity contribution < 1.29 is 23.7 Å². The maximum absolute atomic E-state index is 12.3. The molecule has 1 aliphatic heterocycles. The van der Waals surface area contributed by atoms with E-state index in [4.69, 9.17) is 18.9 Å². The van der Waals surface area contributed by atoms with Crippen LogP contribution in [-0.2, 0) is 19.0 Å². The molecule has 0 spiro atoms. The third-order valence-corrected chi connectivity index (χ3v) is 4.52. The second kappa shape index (κ2) is 8.98. The summed E-state index contributed by atoms with van der Waals surface area (Å²) in [6, 6.07) is 12.2. The lowest BCUT2D eigenvalue weighted by molar-refractivity contribution is -0.144. The molecular weight excluding hydrogens is 334 g/mol. The van der Waals surface area contributed by atoms with Crippen molar-refractivity contribution in [1.82, 2.24) is 4.90 Å². The predicted octanol–water partition coefficient (Wildman–Crippen LogP) is 2.41. The smallest absolute Gasteiger partial charge is 0.248 e. The minimum atomic E-state index is -0.127. The van der Waals surface area contributed by atoms with Crippen LogP contribution < -0.4 is 4.74 Å². The fourth-order valence-electron chi connectivity index (χ4n) is 3.04. The number of morpholine rings is 1. The third kappa shape index (κ3) is 4.52. The molecule has 1 amide bonds. The Morgan fingerprint density at radius 1 is 1.15 bits per heavy atom. The first-order valence-corrected chi connectivity index (χ1v) is 8.75. The van der Waals surface area contributed by atoms with E-state index >= 15 is 0 Å². The molecule has 0 bridgehead atoms. The summed E-state index contributed by atoms with van der Waals surface area (Å²) in [6.45, 7) is 2.63. The van der Waals surface area contributed by atoms with E-state index in [-0.39, 0.29) is 18.6 Å². The largest absolute Gasteiger partial charge is 0.497 e. The first-order chi connectivity index (χ1) is 12.7. The van der Waals surface area contributed by atoms with E-state index in [0.717, 1.165) is 22.1 Å². The van der Waals surface area contributed by atoms with Gasteiger partial charge < -0.3 is 23.8 Å². The molecule has 1 aliphatic rings. The van der Waals surface area contributed by atoms with E-state index < -0.39 is 0 Å². The minimum absolute atomic E-state index is 0.0140. The molecule has 140 valence electrons. The van der Waals surface area contributed by atoms with E-state index in [9.17, 15) is 4.79 Å². The SMILES string of the molecule is COCCOCC(=O)N1CCO[C@@H](c2ccc3cc(OC)ccc3c2)C1. The van der Waals surface area contributed by atoms with Crippen LogP contribution in [0.2, 0.25) is 0 Å². The molecule has 0 aliphatic carbocycles. The molecule has 0 radical (unpaired) electrons. The van der Waals surface area contributed by atoms with Crippen LogP contribution in [0.4, 0.5) is 0 Å². The molecule has 2 aromatic carbocycles. The minimum Gasteiger partial charge on any atom is -0.497 e. The molecule has 0 N–H and O–H groups in total. The number of hydrogen-bond acceptors (Lipinski definition) is 5. The van der Waals surface area contributed by atoms with Crippen LogP contribution >= 0.6 is 0 Å². The van der Waals surface area contributed by atoms with Gasteiger partial charge in [-0.15, -0.1) is 0 Å². The van der Waals surface area contributed by atoms with Crippen LogP contribution in [0.1, 0.15) is 11.7 Å². The Hall–Kier alpha value is -2.15. The van der Waals surface area contributed by atoms with Crippen molar-refractivity contribution in [3.63, 3.8) is 0 Å². The highest BCUT2D eigenvalue weighted by molar-refractivity contribution is 5.84. The Balaban J connectivity index is 1.65. The Kier molecular flexibility index (Phi) is 6.44. The van der Waals surface area contributed by atoms with Crippen LogP contribution in [-0.4, -0.2) is 64.5 Å². The van der Waals surface area contributed by atoms with Crippen LogP contribution in [0.5, 0.6) is 5.75 Å². The van der Waals surface area contributed by atoms with E-state index in [1.165, 1.54) is 0 Å². The highest BCUT2D eigenvalue weighted by atomic mass is 16.5. The molecule has 2 aromatic rings. The molecule has 1 heterocycles. The van der Waals surface area contributed by atoms with Crippen LogP contribution in [0.25, 0.3) is 10.8 Å². The molecule has 6 heteroatoms. The van der Waals surface area contributed by atoms with Crippen molar-refractivity contribution in [3.8, 4) is 5.75 Å². The zero-order valence-corrected chi connectivity index (χ0v) is 15.3. The highest BCUT2D eigenvalue weighted by Gasteiger charge is 2.25. The Labute approximate surface area is 153 Å². The van der Waals surface area contributed by atoms with Crippen molar-refractivity contribution in [2.24, 2.45) is 0 Å². The molecule has 1 atom stereocenters. The summed E-state index contributed by atoms with van der Waals surface area (Å²) in [5.74, 6) is 0.823. The van der Waals surface area contributed by atoms with Crippen molar-refractivity contribution in [3.05, 3.63) is 42.0 Å². The zero-order chi connectivity index (χ0) is 18.4. The number of carbonyl (C=O) groups excluding carboxylic acids is 1. The molecule has 1 saturated heterocycles. The lowest BCUT2D eigenvalue weighted by Gasteiger charge is -2.33. The third-order valence-electron chi connectivity index (χ3n) is 4.52. The van der Waals surface area contributed by atoms with Crippen LogP contribution in [0, 0.1) is 0 Å². The Morgan fingerprint density at radius 3 is 2.77 bits per heavy atom. The van der Waals surface area contributed by atoms with Gasteiger partial charge in [0.1, 0.15) is 18.5 Å². The summed E-state index contributed by atoms with van der Waals surface area (Å²) in [7, 11) is 3.27. The summed E-state index contributed by atoms with van der Waals surface area (Å²) in [4.78, 5) is 14.1. The number of nitrogens with zero attached hydrogens (tertiary/aromatic N) is 1. The monoisotopic (exact) mass is 359 g/mol. The molecule has 6 nitrogen and oxygen atoms in total. The second-order valence-electron chi connectivity index (χ2n) is 6.22. The van der Waals surface area contributed by atoms with Crippen molar-refractivity contribution >= 4 is 16.7 Å². The number of amides is 1. The van der Waals surface area contributed by atoms with E-state index in [2.05, 4.69) is 18.2 Å². The fourth-order valence-corrected chi connectivity index (χ4v) is 3.04. The molecule has 3 rings (SSSR count). The van der Waals surface area contributed by atoms with Crippen LogP contribution in [0.15, 0.2) is 36.4 Å². The van der Waals surface area contributed by atoms with Gasteiger partial charge >= 0.3 is 0 Å². The topological polar surface area (TPSA) is 57.2 Å². The normalized spacial score (nSPS) is 17.5. The summed E-state index contributed by atoms with van der Waals surface area (Å²) in [6.07, 6.45) is -0.127. The maximum Gasteiger partial charge on any atom is 0.248 e. The first-order valence-electron chi connectivity index (χ1n) is 8.75. The van der Waals surface area contributed by atoms with Crippen molar-refractivity contribution in [1.29, 1.82) is 0 Å². The van der Waals surface area contributed by atoms with Gasteiger partial charge in [0.05, 0.1) is 33.5 Å². The number of carbonyl (C=O) groups is 1. The quantitative estimate of drug-likeness (QED) is 0.711. The molecule has 0 saturated carbocycles. The van der Waals surface area contributed by atoms with E-state index in [1.54, 1.807) is 19.1 Å². The van der Waals surface area contributed by atoms with E-state index in [0.29, 0.717) is 32.9 Å². The lowest BCUT2D eigenvalue weighted by Crippen LogP contribution is -2.44. The molecule has 0 aromatic heterocycles. The number of hydrogen-bond donors (Lipinski definition) is 0. The highest BCUT2D eigenvalue weighted by Crippen LogP contribution is 2.27. The summed E-state index contributed by atoms with van der Waals surface area (Å²) < 4.78 is 21.4. The molecule has 0 unspecified atom stereocenters. The predicted molar refractivity (Wildman–Crippen MR) is 98.5 cm³/mol. The number of benzene rings is 2. The zero-order valence-electron chi connectivity index (χ0n) is 15.3. The fraction of sp³-hybridized carbons (Fsp3) is 0.450. The first kappa shape index (κ1) is 18.6. The Morgan fingerprint density at radius 2 is 1.96 bits per heavy atom. The standard InChI is InChI=1S/C20H25NO5/c1-23-9-10-25-14-20(22)21-7-8-26-19(13-21)17-4-3-16-12-18(24-2)6-5-15(16)11-17/h3-6,11-12,19H,7-10,13-14H2,1-2H3/t19-/m1/s1. The number of rotatable bonds is 7. The van der Waals surface area contributed by atoms with Gasteiger partial charge in [-0.05, 0) is 34.5 Å². The van der Waals surface area contributed by atoms with Gasteiger partial charge in [0, 0.05) is 13.7 Å². The van der Waals surface area contributed by atoms with Gasteiger partial charge in [-0.25, -0.2) is 0 Å². The lowest BCUT2D eigenvalue weighted by atomic mass is 10.0. The van der Waals surface area contributed by atoms with Gasteiger partial charge in [0.25, 0.3) is 0 Å². The second-order valence-corrected chi connectivity index (χ2v) is 6.22. The van der Waals surface area contributed by atoms with Gasteiger partial charge in [0.15, 0.2) is 0 Å². The molecular formula is C20H25NO5. The van der Waals surface area contributed by atoms with Gasteiger partial charge in [-0.2, -0.15) is 0 Å². The average molecular weight is 359 g/mol. The van der Waals surface area contributed by atoms with Crippen molar-refractivity contribution in [2.45, 2.75) is 6.10 Å². The summed E-state index contributed by atoms with van der Waals surface area (Å²) in [5, 5.41) is 2.24. The Bertz CT molecular complexity index is 748. The number of methoxy groups -OCH3 is 2. The van der Waals surface area contributed by atoms with Gasteiger partial charge in [-0.3, -0.25) is 4.79 Å². The summed E-state index contributed by atoms with van der Waals surface area (Å²) >= 11 is 0. The summed E-state index contributed by atoms with van der Waals surface area (Å²) in [5.41, 5.74) is 1.07. The molecule has 1 fully saturated rings. The molecule has 26 heavy (non-hydrogen) atoms. The van der Waals surface area contributed by atoms with Gasteiger partial charge in [-0.1, -0.05) is 18.2 Å². The van der Waals surface area contributed by atoms with Crippen LogP contribution in [0.3, 0.4) is 0 Å². The number of fused-ring (bicyclic) bond motifs is 1. The van der Waals surface area contributed by atoms with Gasteiger partial charge in [0.2, 0.25) is 5.91 Å².